The summed E-state index contributed by atoms with van der Waals surface area (Å²) in [5, 5.41) is 2.67. The molecule has 76 valence electrons. The van der Waals surface area contributed by atoms with E-state index in [1.54, 1.807) is 0 Å². The number of carbonyl (C=O) groups is 1. The minimum absolute atomic E-state index is 0.0780. The largest absolute Gasteiger partial charge is 0.447 e. The molecule has 14 heavy (non-hydrogen) atoms. The first-order chi connectivity index (χ1) is 6.68. The van der Waals surface area contributed by atoms with Crippen molar-refractivity contribution in [1.82, 2.24) is 5.32 Å². The van der Waals surface area contributed by atoms with Crippen molar-refractivity contribution in [1.29, 1.82) is 0 Å². The van der Waals surface area contributed by atoms with Crippen LogP contribution in [0.25, 0.3) is 0 Å². The van der Waals surface area contributed by atoms with Crippen LogP contribution in [0.1, 0.15) is 19.4 Å². The van der Waals surface area contributed by atoms with E-state index in [0.29, 0.717) is 6.54 Å². The lowest BCUT2D eigenvalue weighted by atomic mass is 10.2. The zero-order valence-electron chi connectivity index (χ0n) is 8.49. The Morgan fingerprint density at radius 3 is 2.57 bits per heavy atom. The topological polar surface area (TPSA) is 38.3 Å². The van der Waals surface area contributed by atoms with E-state index in [-0.39, 0.29) is 12.2 Å². The van der Waals surface area contributed by atoms with Gasteiger partial charge >= 0.3 is 6.09 Å². The molecule has 0 atom stereocenters. The summed E-state index contributed by atoms with van der Waals surface area (Å²) in [7, 11) is 0. The van der Waals surface area contributed by atoms with E-state index in [4.69, 9.17) is 4.74 Å². The van der Waals surface area contributed by atoms with E-state index in [9.17, 15) is 4.79 Å². The molecule has 3 nitrogen and oxygen atoms in total. The van der Waals surface area contributed by atoms with Gasteiger partial charge in [-0.3, -0.25) is 0 Å². The molecule has 0 bridgehead atoms. The number of hydrogen-bond donors (Lipinski definition) is 1. The van der Waals surface area contributed by atoms with E-state index in [0.717, 1.165) is 5.56 Å². The van der Waals surface area contributed by atoms with Crippen LogP contribution in [0.4, 0.5) is 4.79 Å². The predicted molar refractivity (Wildman–Crippen MR) is 54.9 cm³/mol. The van der Waals surface area contributed by atoms with Gasteiger partial charge in [0.25, 0.3) is 0 Å². The first-order valence-electron chi connectivity index (χ1n) is 4.67. The summed E-state index contributed by atoms with van der Waals surface area (Å²) < 4.78 is 4.92. The monoisotopic (exact) mass is 193 g/mol. The number of hydrogen-bond acceptors (Lipinski definition) is 2. The lowest BCUT2D eigenvalue weighted by Crippen LogP contribution is -2.26. The van der Waals surface area contributed by atoms with Crippen molar-refractivity contribution in [3.63, 3.8) is 0 Å². The van der Waals surface area contributed by atoms with Gasteiger partial charge in [0.05, 0.1) is 6.10 Å². The van der Waals surface area contributed by atoms with Crippen LogP contribution in [0.5, 0.6) is 0 Å². The molecule has 1 rings (SSSR count). The Morgan fingerprint density at radius 1 is 1.36 bits per heavy atom. The number of alkyl carbamates (subject to hydrolysis) is 1. The van der Waals surface area contributed by atoms with Gasteiger partial charge in [-0.05, 0) is 19.4 Å². The van der Waals surface area contributed by atoms with Crippen molar-refractivity contribution in [3.05, 3.63) is 35.9 Å². The average molecular weight is 193 g/mol. The van der Waals surface area contributed by atoms with Crippen LogP contribution >= 0.6 is 0 Å². The molecule has 1 aromatic rings. The molecule has 0 saturated heterocycles. The highest BCUT2D eigenvalue weighted by Crippen LogP contribution is 1.97. The van der Waals surface area contributed by atoms with Crippen LogP contribution in [0.15, 0.2) is 30.3 Å². The molecule has 0 radical (unpaired) electrons. The lowest BCUT2D eigenvalue weighted by Gasteiger charge is -2.09. The van der Waals surface area contributed by atoms with Crippen LogP contribution in [0.2, 0.25) is 0 Å². The molecule has 0 spiro atoms. The number of rotatable bonds is 3. The summed E-state index contributed by atoms with van der Waals surface area (Å²) in [5.74, 6) is 0. The second-order valence-corrected chi connectivity index (χ2v) is 3.29. The van der Waals surface area contributed by atoms with Crippen LogP contribution < -0.4 is 5.32 Å². The highest BCUT2D eigenvalue weighted by atomic mass is 16.6. The number of nitrogens with one attached hydrogen (secondary N) is 1. The van der Waals surface area contributed by atoms with E-state index in [2.05, 4.69) is 5.32 Å². The Hall–Kier alpha value is -1.51. The molecular weight excluding hydrogens is 178 g/mol. The molecule has 3 heteroatoms. The summed E-state index contributed by atoms with van der Waals surface area (Å²) in [6, 6.07) is 9.72. The molecule has 0 unspecified atom stereocenters. The van der Waals surface area contributed by atoms with Crippen LogP contribution in [0.3, 0.4) is 0 Å². The standard InChI is InChI=1S/C11H15NO2/c1-9(2)14-11(13)12-8-10-6-4-3-5-7-10/h3-7,9H,8H2,1-2H3,(H,12,13). The smallest absolute Gasteiger partial charge is 0.407 e. The zero-order chi connectivity index (χ0) is 10.4. The van der Waals surface area contributed by atoms with Crippen molar-refractivity contribution >= 4 is 6.09 Å². The first-order valence-corrected chi connectivity index (χ1v) is 4.67. The third kappa shape index (κ3) is 3.94. The molecule has 1 N–H and O–H groups in total. The molecular formula is C11H15NO2. The second kappa shape index (κ2) is 5.27. The lowest BCUT2D eigenvalue weighted by molar-refractivity contribution is 0.115. The van der Waals surface area contributed by atoms with E-state index in [1.807, 2.05) is 44.2 Å². The number of carbonyl (C=O) groups excluding carboxylic acids is 1. The van der Waals surface area contributed by atoms with Crippen molar-refractivity contribution in [2.24, 2.45) is 0 Å². The minimum atomic E-state index is -0.371. The van der Waals surface area contributed by atoms with E-state index < -0.39 is 0 Å². The zero-order valence-corrected chi connectivity index (χ0v) is 8.49. The SMILES string of the molecule is CC(C)OC(=O)NCc1ccccc1. The quantitative estimate of drug-likeness (QED) is 0.800. The van der Waals surface area contributed by atoms with Gasteiger partial charge < -0.3 is 10.1 Å². The maximum atomic E-state index is 11.1. The molecule has 1 aromatic carbocycles. The minimum Gasteiger partial charge on any atom is -0.447 e. The fourth-order valence-electron chi connectivity index (χ4n) is 1.03. The molecule has 1 amide bonds. The molecule has 0 saturated carbocycles. The van der Waals surface area contributed by atoms with Gasteiger partial charge in [-0.2, -0.15) is 0 Å². The normalized spacial score (nSPS) is 9.93. The molecule has 0 fully saturated rings. The van der Waals surface area contributed by atoms with Gasteiger partial charge in [0.1, 0.15) is 0 Å². The fraction of sp³-hybridized carbons (Fsp3) is 0.364. The third-order valence-corrected chi connectivity index (χ3v) is 1.62. The Morgan fingerprint density at radius 2 is 2.00 bits per heavy atom. The van der Waals surface area contributed by atoms with Crippen LogP contribution in [-0.2, 0) is 11.3 Å². The van der Waals surface area contributed by atoms with Gasteiger partial charge in [-0.25, -0.2) is 4.79 Å². The molecule has 0 aliphatic rings. The van der Waals surface area contributed by atoms with Gasteiger partial charge in [0.2, 0.25) is 0 Å². The Kier molecular flexibility index (Phi) is 3.98. The Balaban J connectivity index is 2.31. The predicted octanol–water partition coefficient (Wildman–Crippen LogP) is 2.32. The summed E-state index contributed by atoms with van der Waals surface area (Å²) in [5.41, 5.74) is 1.06. The Bertz CT molecular complexity index is 283. The maximum absolute atomic E-state index is 11.1. The summed E-state index contributed by atoms with van der Waals surface area (Å²) in [6.07, 6.45) is -0.449. The first kappa shape index (κ1) is 10.6. The molecule has 0 aliphatic carbocycles. The number of benzene rings is 1. The van der Waals surface area contributed by atoms with Crippen molar-refractivity contribution < 1.29 is 9.53 Å². The van der Waals surface area contributed by atoms with Crippen molar-refractivity contribution in [3.8, 4) is 0 Å². The summed E-state index contributed by atoms with van der Waals surface area (Å²) in [4.78, 5) is 11.1. The van der Waals surface area contributed by atoms with Gasteiger partial charge in [-0.1, -0.05) is 30.3 Å². The Labute approximate surface area is 84.1 Å². The third-order valence-electron chi connectivity index (χ3n) is 1.62. The number of amides is 1. The molecule has 0 aliphatic heterocycles. The number of ether oxygens (including phenoxy) is 1. The van der Waals surface area contributed by atoms with Crippen molar-refractivity contribution in [2.75, 3.05) is 0 Å². The van der Waals surface area contributed by atoms with Gasteiger partial charge in [-0.15, -0.1) is 0 Å². The summed E-state index contributed by atoms with van der Waals surface area (Å²) in [6.45, 7) is 4.15. The van der Waals surface area contributed by atoms with Crippen molar-refractivity contribution in [2.45, 2.75) is 26.5 Å². The molecule has 0 aromatic heterocycles. The highest BCUT2D eigenvalue weighted by Gasteiger charge is 2.03. The highest BCUT2D eigenvalue weighted by molar-refractivity contribution is 5.67. The maximum Gasteiger partial charge on any atom is 0.407 e. The molecule has 0 heterocycles. The second-order valence-electron chi connectivity index (χ2n) is 3.29. The van der Waals surface area contributed by atoms with Gasteiger partial charge in [0.15, 0.2) is 0 Å². The summed E-state index contributed by atoms with van der Waals surface area (Å²) >= 11 is 0. The fourth-order valence-corrected chi connectivity index (χ4v) is 1.03. The van der Waals surface area contributed by atoms with E-state index >= 15 is 0 Å². The van der Waals surface area contributed by atoms with Gasteiger partial charge in [0, 0.05) is 6.54 Å². The van der Waals surface area contributed by atoms with Crippen LogP contribution in [-0.4, -0.2) is 12.2 Å². The van der Waals surface area contributed by atoms with Crippen LogP contribution in [0, 0.1) is 0 Å². The van der Waals surface area contributed by atoms with E-state index in [1.165, 1.54) is 0 Å². The average Bonchev–Trinajstić information content (AvgIpc) is 2.15.